The summed E-state index contributed by atoms with van der Waals surface area (Å²) in [6.45, 7) is 34.6. The van der Waals surface area contributed by atoms with Crippen LogP contribution in [0.25, 0.3) is 0 Å². The van der Waals surface area contributed by atoms with E-state index in [4.69, 9.17) is 28.4 Å². The standard InChI is InChI=1S/C39H57O6P/c1-16-40-31-25(10)22(7)26(11)32(41-17-2)37(31)46(38-33(42-18-3)27(12)23(8)28(13)34(38)43-19-4)39-35(44-20-5)29(14)24(9)30(15)36(39)45-21-6/h16-21H2,1-15H3. The van der Waals surface area contributed by atoms with E-state index in [1.165, 1.54) is 0 Å². The van der Waals surface area contributed by atoms with E-state index in [1.807, 2.05) is 41.5 Å². The molecule has 0 aliphatic carbocycles. The SMILES string of the molecule is CCOc1c(C)c(C)c(C)c(OCC)c1P(c1c(OCC)c(C)c(C)c(C)c1OCC)c1c(OCC)c(C)c(C)c(C)c1OCC. The van der Waals surface area contributed by atoms with Crippen molar-refractivity contribution in [2.24, 2.45) is 0 Å². The number of rotatable bonds is 15. The Morgan fingerprint density at radius 2 is 0.435 bits per heavy atom. The third kappa shape index (κ3) is 6.65. The van der Waals surface area contributed by atoms with Gasteiger partial charge in [-0.2, -0.15) is 0 Å². The fraction of sp³-hybridized carbons (Fsp3) is 0.538. The summed E-state index contributed by atoms with van der Waals surface area (Å²) in [7, 11) is -1.52. The highest BCUT2D eigenvalue weighted by Gasteiger charge is 2.40. The van der Waals surface area contributed by atoms with Crippen LogP contribution in [0.15, 0.2) is 0 Å². The molecular weight excluding hydrogens is 595 g/mol. The lowest BCUT2D eigenvalue weighted by molar-refractivity contribution is 0.323. The Morgan fingerprint density at radius 3 is 0.565 bits per heavy atom. The van der Waals surface area contributed by atoms with Crippen molar-refractivity contribution in [1.29, 1.82) is 0 Å². The van der Waals surface area contributed by atoms with Crippen LogP contribution in [-0.4, -0.2) is 39.6 Å². The molecule has 0 fully saturated rings. The highest BCUT2D eigenvalue weighted by Crippen LogP contribution is 2.54. The second-order valence-electron chi connectivity index (χ2n) is 11.6. The number of ether oxygens (including phenoxy) is 6. The smallest absolute Gasteiger partial charge is 0.134 e. The highest BCUT2D eigenvalue weighted by atomic mass is 31.1. The maximum absolute atomic E-state index is 6.66. The molecule has 0 aliphatic rings. The highest BCUT2D eigenvalue weighted by molar-refractivity contribution is 7.81. The molecule has 0 radical (unpaired) electrons. The number of benzene rings is 3. The molecule has 3 rings (SSSR count). The van der Waals surface area contributed by atoms with Gasteiger partial charge in [0, 0.05) is 7.92 Å². The van der Waals surface area contributed by atoms with Crippen LogP contribution < -0.4 is 44.3 Å². The average molecular weight is 653 g/mol. The van der Waals surface area contributed by atoms with Gasteiger partial charge in [0.15, 0.2) is 0 Å². The number of hydrogen-bond donors (Lipinski definition) is 0. The monoisotopic (exact) mass is 652 g/mol. The van der Waals surface area contributed by atoms with Gasteiger partial charge in [-0.1, -0.05) is 0 Å². The van der Waals surface area contributed by atoms with E-state index in [0.29, 0.717) is 39.6 Å². The first kappa shape index (κ1) is 37.3. The summed E-state index contributed by atoms with van der Waals surface area (Å²) in [4.78, 5) is 0. The lowest BCUT2D eigenvalue weighted by Crippen LogP contribution is -2.31. The molecule has 0 amide bonds. The maximum Gasteiger partial charge on any atom is 0.134 e. The largest absolute Gasteiger partial charge is 0.493 e. The van der Waals surface area contributed by atoms with Crippen LogP contribution >= 0.6 is 7.92 Å². The lowest BCUT2D eigenvalue weighted by atomic mass is 10.0. The van der Waals surface area contributed by atoms with E-state index in [-0.39, 0.29) is 0 Å². The second kappa shape index (κ2) is 16.1. The topological polar surface area (TPSA) is 55.4 Å². The quantitative estimate of drug-likeness (QED) is 0.153. The van der Waals surface area contributed by atoms with Crippen molar-refractivity contribution in [2.75, 3.05) is 39.6 Å². The van der Waals surface area contributed by atoms with Gasteiger partial charge >= 0.3 is 0 Å². The molecule has 254 valence electrons. The van der Waals surface area contributed by atoms with E-state index in [2.05, 4.69) is 62.3 Å². The number of hydrogen-bond acceptors (Lipinski definition) is 6. The zero-order chi connectivity index (χ0) is 34.5. The first-order valence-electron chi connectivity index (χ1n) is 16.9. The zero-order valence-electron chi connectivity index (χ0n) is 31.1. The molecular formula is C39H57O6P. The van der Waals surface area contributed by atoms with Gasteiger partial charge in [0.05, 0.1) is 55.6 Å². The molecule has 0 heterocycles. The Morgan fingerprint density at radius 1 is 0.283 bits per heavy atom. The van der Waals surface area contributed by atoms with Gasteiger partial charge in [0.25, 0.3) is 0 Å². The van der Waals surface area contributed by atoms with Gasteiger partial charge < -0.3 is 28.4 Å². The lowest BCUT2D eigenvalue weighted by Gasteiger charge is -2.34. The zero-order valence-corrected chi connectivity index (χ0v) is 32.0. The molecule has 0 saturated carbocycles. The third-order valence-corrected chi connectivity index (χ3v) is 11.7. The average Bonchev–Trinajstić information content (AvgIpc) is 3.04. The molecule has 6 nitrogen and oxygen atoms in total. The molecule has 0 N–H and O–H groups in total. The third-order valence-electron chi connectivity index (χ3n) is 9.11. The summed E-state index contributed by atoms with van der Waals surface area (Å²) in [6, 6.07) is 0. The van der Waals surface area contributed by atoms with Crippen molar-refractivity contribution in [1.82, 2.24) is 0 Å². The molecule has 3 aromatic rings. The van der Waals surface area contributed by atoms with E-state index in [0.717, 1.165) is 100 Å². The first-order valence-corrected chi connectivity index (χ1v) is 18.2. The molecule has 0 aromatic heterocycles. The van der Waals surface area contributed by atoms with Crippen LogP contribution in [0.1, 0.15) is 91.6 Å². The Balaban J connectivity index is 2.91. The predicted molar refractivity (Wildman–Crippen MR) is 195 cm³/mol. The van der Waals surface area contributed by atoms with Crippen LogP contribution in [0.3, 0.4) is 0 Å². The Hall–Kier alpha value is -3.11. The summed E-state index contributed by atoms with van der Waals surface area (Å²) in [5.74, 6) is 5.01. The van der Waals surface area contributed by atoms with E-state index >= 15 is 0 Å². The van der Waals surface area contributed by atoms with E-state index in [9.17, 15) is 0 Å². The fourth-order valence-electron chi connectivity index (χ4n) is 6.11. The van der Waals surface area contributed by atoms with Crippen molar-refractivity contribution < 1.29 is 28.4 Å². The second-order valence-corrected chi connectivity index (χ2v) is 13.6. The minimum absolute atomic E-state index is 0.510. The maximum atomic E-state index is 6.66. The minimum Gasteiger partial charge on any atom is -0.493 e. The Kier molecular flexibility index (Phi) is 13.1. The summed E-state index contributed by atoms with van der Waals surface area (Å²) >= 11 is 0. The molecule has 46 heavy (non-hydrogen) atoms. The van der Waals surface area contributed by atoms with Gasteiger partial charge in [-0.3, -0.25) is 0 Å². The predicted octanol–water partition coefficient (Wildman–Crippen LogP) is 8.61. The van der Waals surface area contributed by atoms with Gasteiger partial charge in [-0.15, -0.1) is 0 Å². The van der Waals surface area contributed by atoms with Crippen molar-refractivity contribution >= 4 is 23.8 Å². The normalized spacial score (nSPS) is 11.2. The molecule has 0 atom stereocenters. The van der Waals surface area contributed by atoms with Crippen LogP contribution in [0.2, 0.25) is 0 Å². The van der Waals surface area contributed by atoms with Crippen LogP contribution in [0.4, 0.5) is 0 Å². The molecule has 0 spiro atoms. The van der Waals surface area contributed by atoms with Crippen LogP contribution in [-0.2, 0) is 0 Å². The van der Waals surface area contributed by atoms with Crippen LogP contribution in [0, 0.1) is 62.3 Å². The molecule has 0 saturated heterocycles. The Bertz CT molecular complexity index is 1270. The van der Waals surface area contributed by atoms with Gasteiger partial charge in [0.1, 0.15) is 34.5 Å². The van der Waals surface area contributed by atoms with Crippen LogP contribution in [0.5, 0.6) is 34.5 Å². The van der Waals surface area contributed by atoms with Crippen molar-refractivity contribution in [3.63, 3.8) is 0 Å². The Labute approximate surface area is 279 Å². The molecule has 0 unspecified atom stereocenters. The van der Waals surface area contributed by atoms with Gasteiger partial charge in [0.2, 0.25) is 0 Å². The molecule has 0 bridgehead atoms. The first-order chi connectivity index (χ1) is 21.9. The summed E-state index contributed by atoms with van der Waals surface area (Å²) < 4.78 is 39.9. The summed E-state index contributed by atoms with van der Waals surface area (Å²) in [5.41, 5.74) is 10.0. The van der Waals surface area contributed by atoms with E-state index < -0.39 is 7.92 Å². The van der Waals surface area contributed by atoms with Crippen molar-refractivity contribution in [3.05, 3.63) is 50.1 Å². The molecule has 0 aliphatic heterocycles. The summed E-state index contributed by atoms with van der Waals surface area (Å²) in [6.07, 6.45) is 0. The van der Waals surface area contributed by atoms with Gasteiger partial charge in [-0.05, 0) is 154 Å². The summed E-state index contributed by atoms with van der Waals surface area (Å²) in [5, 5.41) is 2.98. The fourth-order valence-corrected chi connectivity index (χ4v) is 9.39. The van der Waals surface area contributed by atoms with Crippen molar-refractivity contribution in [2.45, 2.75) is 104 Å². The molecule has 7 heteroatoms. The van der Waals surface area contributed by atoms with E-state index in [1.54, 1.807) is 0 Å². The van der Waals surface area contributed by atoms with Gasteiger partial charge in [-0.25, -0.2) is 0 Å². The molecule has 3 aromatic carbocycles. The van der Waals surface area contributed by atoms with Crippen molar-refractivity contribution in [3.8, 4) is 34.5 Å². The minimum atomic E-state index is -1.52.